The highest BCUT2D eigenvalue weighted by Gasteiger charge is 2.39. The summed E-state index contributed by atoms with van der Waals surface area (Å²) >= 11 is 0. The van der Waals surface area contributed by atoms with E-state index < -0.39 is 51.6 Å². The van der Waals surface area contributed by atoms with Crippen molar-refractivity contribution in [3.05, 3.63) is 110 Å². The number of hydrogen-bond donors (Lipinski definition) is 2. The monoisotopic (exact) mass is 494 g/mol. The van der Waals surface area contributed by atoms with Gasteiger partial charge in [-0.15, -0.1) is 0 Å². The van der Waals surface area contributed by atoms with Crippen molar-refractivity contribution in [2.24, 2.45) is 0 Å². The number of nitro groups is 1. The number of aliphatic hydroxyl groups is 1. The number of aromatic amines is 1. The van der Waals surface area contributed by atoms with E-state index in [1.807, 2.05) is 0 Å². The Morgan fingerprint density at radius 2 is 1.70 bits per heavy atom. The van der Waals surface area contributed by atoms with Crippen molar-refractivity contribution in [2.75, 3.05) is 6.61 Å². The summed E-state index contributed by atoms with van der Waals surface area (Å²) in [7, 11) is 0. The molecule has 0 unspecified atom stereocenters. The number of esters is 1. The predicted octanol–water partition coefficient (Wildman–Crippen LogP) is 3.90. The summed E-state index contributed by atoms with van der Waals surface area (Å²) in [4.78, 5) is 56.9. The molecule has 0 atom stereocenters. The van der Waals surface area contributed by atoms with Gasteiger partial charge in [0.2, 0.25) is 5.78 Å². The van der Waals surface area contributed by atoms with Gasteiger partial charge in [-0.05, 0) is 24.3 Å². The first-order chi connectivity index (χ1) is 17.8. The van der Waals surface area contributed by atoms with Crippen LogP contribution in [-0.4, -0.2) is 44.1 Å². The van der Waals surface area contributed by atoms with Crippen LogP contribution in [0.4, 0.5) is 5.69 Å². The molecule has 0 radical (unpaired) electrons. The molecule has 180 valence electrons. The van der Waals surface area contributed by atoms with Gasteiger partial charge in [0, 0.05) is 16.7 Å². The zero-order valence-corrected chi connectivity index (χ0v) is 18.7. The molecule has 1 aromatic heterocycles. The Balaban J connectivity index is 1.48. The SMILES string of the molecule is N#C/C(=C(/O)COC(=O)c1ccc2c(c1[N+](=O)[O-])C(=O)c1ccccc1C2=O)c1nc2ccccc2[nH]1. The zero-order chi connectivity index (χ0) is 26.3. The second-order valence-electron chi connectivity index (χ2n) is 7.96. The molecule has 0 spiro atoms. The number of nitriles is 1. The summed E-state index contributed by atoms with van der Waals surface area (Å²) in [6.45, 7) is -0.803. The van der Waals surface area contributed by atoms with Gasteiger partial charge >= 0.3 is 5.97 Å². The van der Waals surface area contributed by atoms with Crippen LogP contribution < -0.4 is 0 Å². The number of allylic oxidation sites excluding steroid dienone is 1. The molecule has 2 N–H and O–H groups in total. The van der Waals surface area contributed by atoms with Crippen LogP contribution >= 0.6 is 0 Å². The third-order valence-corrected chi connectivity index (χ3v) is 5.83. The smallest absolute Gasteiger partial charge is 0.345 e. The lowest BCUT2D eigenvalue weighted by atomic mass is 9.82. The Kier molecular flexibility index (Phi) is 5.54. The van der Waals surface area contributed by atoms with Crippen molar-refractivity contribution in [3.8, 4) is 6.07 Å². The highest BCUT2D eigenvalue weighted by molar-refractivity contribution is 6.30. The van der Waals surface area contributed by atoms with Gasteiger partial charge in [-0.3, -0.25) is 19.7 Å². The number of aromatic nitrogens is 2. The van der Waals surface area contributed by atoms with E-state index >= 15 is 0 Å². The highest BCUT2D eigenvalue weighted by atomic mass is 16.6. The summed E-state index contributed by atoms with van der Waals surface area (Å²) in [5, 5.41) is 31.9. The number of benzene rings is 3. The van der Waals surface area contributed by atoms with Crippen LogP contribution in [0.15, 0.2) is 66.4 Å². The maximum Gasteiger partial charge on any atom is 0.345 e. The van der Waals surface area contributed by atoms with E-state index in [4.69, 9.17) is 4.74 Å². The topological polar surface area (TPSA) is 176 Å². The van der Waals surface area contributed by atoms with Crippen molar-refractivity contribution in [1.82, 2.24) is 9.97 Å². The molecule has 0 saturated heterocycles. The Bertz CT molecular complexity index is 1710. The third kappa shape index (κ3) is 3.78. The lowest BCUT2D eigenvalue weighted by Crippen LogP contribution is -2.24. The molecular formula is C26H14N4O7. The Morgan fingerprint density at radius 1 is 1.03 bits per heavy atom. The number of rotatable bonds is 5. The number of nitrogens with one attached hydrogen (secondary N) is 1. The molecule has 1 aliphatic rings. The van der Waals surface area contributed by atoms with Crippen LogP contribution in [0.25, 0.3) is 16.6 Å². The molecule has 0 saturated carbocycles. The number of nitrogens with zero attached hydrogens (tertiary/aromatic N) is 3. The molecule has 37 heavy (non-hydrogen) atoms. The minimum atomic E-state index is -1.23. The summed E-state index contributed by atoms with van der Waals surface area (Å²) in [5.74, 6) is -3.19. The second kappa shape index (κ2) is 8.86. The number of ketones is 2. The summed E-state index contributed by atoms with van der Waals surface area (Å²) < 4.78 is 5.04. The number of aliphatic hydroxyl groups excluding tert-OH is 1. The van der Waals surface area contributed by atoms with E-state index in [0.29, 0.717) is 11.0 Å². The largest absolute Gasteiger partial charge is 0.507 e. The lowest BCUT2D eigenvalue weighted by Gasteiger charge is -2.18. The Hall–Kier alpha value is -5.63. The molecule has 5 rings (SSSR count). The Labute approximate surface area is 207 Å². The van der Waals surface area contributed by atoms with Gasteiger partial charge < -0.3 is 14.8 Å². The van der Waals surface area contributed by atoms with Gasteiger partial charge in [-0.25, -0.2) is 9.78 Å². The first-order valence-corrected chi connectivity index (χ1v) is 10.8. The van der Waals surface area contributed by atoms with Crippen LogP contribution in [-0.2, 0) is 4.74 Å². The molecule has 4 aromatic rings. The van der Waals surface area contributed by atoms with E-state index in [-0.39, 0.29) is 28.1 Å². The van der Waals surface area contributed by atoms with E-state index in [1.165, 1.54) is 18.2 Å². The van der Waals surface area contributed by atoms with Gasteiger partial charge in [0.15, 0.2) is 17.4 Å². The molecule has 0 amide bonds. The summed E-state index contributed by atoms with van der Waals surface area (Å²) in [5.41, 5.74) is -1.22. The number of ether oxygens (including phenoxy) is 1. The lowest BCUT2D eigenvalue weighted by molar-refractivity contribution is -0.385. The number of imidazole rings is 1. The molecule has 11 nitrogen and oxygen atoms in total. The normalized spacial score (nSPS) is 12.8. The van der Waals surface area contributed by atoms with Gasteiger partial charge in [0.25, 0.3) is 5.69 Å². The standard InChI is InChI=1S/C26H14N4O7/c27-11-17(25-28-18-7-3-4-8-19(18)29-25)20(31)12-37-26(34)16-10-9-15-21(22(16)30(35)36)24(33)14-6-2-1-5-13(14)23(15)32/h1-10,31H,12H2,(H,28,29)/b20-17-. The average Bonchev–Trinajstić information content (AvgIpc) is 3.33. The number of carbonyl (C=O) groups excluding carboxylic acids is 3. The van der Waals surface area contributed by atoms with Crippen LogP contribution in [0.3, 0.4) is 0 Å². The van der Waals surface area contributed by atoms with Gasteiger partial charge in [-0.1, -0.05) is 36.4 Å². The fourth-order valence-corrected chi connectivity index (χ4v) is 4.13. The minimum Gasteiger partial charge on any atom is -0.507 e. The molecule has 3 aromatic carbocycles. The van der Waals surface area contributed by atoms with Crippen LogP contribution in [0.2, 0.25) is 0 Å². The molecule has 1 heterocycles. The van der Waals surface area contributed by atoms with Crippen molar-refractivity contribution in [1.29, 1.82) is 5.26 Å². The fraction of sp³-hybridized carbons (Fsp3) is 0.0385. The Morgan fingerprint density at radius 3 is 2.38 bits per heavy atom. The highest BCUT2D eigenvalue weighted by Crippen LogP contribution is 2.36. The molecular weight excluding hydrogens is 480 g/mol. The van der Waals surface area contributed by atoms with Gasteiger partial charge in [0.05, 0.1) is 16.0 Å². The fourth-order valence-electron chi connectivity index (χ4n) is 4.13. The van der Waals surface area contributed by atoms with Crippen molar-refractivity contribution in [3.63, 3.8) is 0 Å². The number of H-pyrrole nitrogens is 1. The summed E-state index contributed by atoms with van der Waals surface area (Å²) in [6.07, 6.45) is 0. The van der Waals surface area contributed by atoms with E-state index in [0.717, 1.165) is 12.1 Å². The third-order valence-electron chi connectivity index (χ3n) is 5.83. The quantitative estimate of drug-likeness (QED) is 0.121. The maximum atomic E-state index is 13.1. The number of fused-ring (bicyclic) bond motifs is 3. The van der Waals surface area contributed by atoms with E-state index in [1.54, 1.807) is 36.4 Å². The number of para-hydroxylation sites is 2. The van der Waals surface area contributed by atoms with Crippen LogP contribution in [0.1, 0.15) is 48.0 Å². The first kappa shape index (κ1) is 23.1. The molecule has 0 bridgehead atoms. The van der Waals surface area contributed by atoms with Crippen molar-refractivity contribution >= 4 is 39.8 Å². The predicted molar refractivity (Wildman–Crippen MR) is 128 cm³/mol. The zero-order valence-electron chi connectivity index (χ0n) is 18.7. The van der Waals surface area contributed by atoms with Gasteiger partial charge in [-0.2, -0.15) is 5.26 Å². The van der Waals surface area contributed by atoms with Crippen molar-refractivity contribution in [2.45, 2.75) is 0 Å². The minimum absolute atomic E-state index is 0.0151. The first-order valence-electron chi connectivity index (χ1n) is 10.8. The van der Waals surface area contributed by atoms with Crippen LogP contribution in [0.5, 0.6) is 0 Å². The number of hydrogen-bond acceptors (Lipinski definition) is 9. The van der Waals surface area contributed by atoms with E-state index in [9.17, 15) is 34.9 Å². The molecule has 0 fully saturated rings. The molecule has 0 aliphatic heterocycles. The number of nitro benzene ring substituents is 1. The molecule has 11 heteroatoms. The van der Waals surface area contributed by atoms with E-state index in [2.05, 4.69) is 9.97 Å². The molecule has 1 aliphatic carbocycles. The van der Waals surface area contributed by atoms with Crippen LogP contribution in [0, 0.1) is 21.4 Å². The number of carbonyl (C=O) groups is 3. The average molecular weight is 494 g/mol. The maximum absolute atomic E-state index is 13.1. The van der Waals surface area contributed by atoms with Gasteiger partial charge in [0.1, 0.15) is 29.4 Å². The second-order valence-corrected chi connectivity index (χ2v) is 7.96. The summed E-state index contributed by atoms with van der Waals surface area (Å²) in [6, 6.07) is 16.8. The van der Waals surface area contributed by atoms with Crippen molar-refractivity contribution < 1.29 is 29.2 Å².